The molecule has 0 radical (unpaired) electrons. The smallest absolute Gasteiger partial charge is 0.221 e. The number of aryl methyl sites for hydroxylation is 3. The normalized spacial score (nSPS) is 10.7. The van der Waals surface area contributed by atoms with Gasteiger partial charge in [-0.25, -0.2) is 0 Å². The summed E-state index contributed by atoms with van der Waals surface area (Å²) in [6.45, 7) is 5.59. The molecule has 0 saturated carbocycles. The molecule has 0 N–H and O–H groups in total. The molecule has 0 atom stereocenters. The van der Waals surface area contributed by atoms with Crippen LogP contribution in [0.1, 0.15) is 39.9 Å². The Kier molecular flexibility index (Phi) is 5.89. The standard InChI is InChI=1S/C16H19N2O2P/c1-12-10-13(2)15(14(3)11-12)16(19)21(20,8-4-6-17)9-5-7-18/h10-11H,4-5,8-9H2,1-3H3. The summed E-state index contributed by atoms with van der Waals surface area (Å²) in [6, 6.07) is 7.65. The van der Waals surface area contributed by atoms with Gasteiger partial charge in [0.1, 0.15) is 0 Å². The second-order valence-electron chi connectivity index (χ2n) is 5.23. The zero-order valence-electron chi connectivity index (χ0n) is 12.6. The van der Waals surface area contributed by atoms with Gasteiger partial charge in [-0.15, -0.1) is 0 Å². The van der Waals surface area contributed by atoms with E-state index in [2.05, 4.69) is 0 Å². The van der Waals surface area contributed by atoms with Gasteiger partial charge in [-0.1, -0.05) is 17.7 Å². The average molecular weight is 302 g/mol. The van der Waals surface area contributed by atoms with E-state index in [9.17, 15) is 9.36 Å². The minimum atomic E-state index is -3.22. The van der Waals surface area contributed by atoms with Crippen molar-refractivity contribution in [1.82, 2.24) is 0 Å². The molecule has 0 aliphatic carbocycles. The molecule has 0 spiro atoms. The van der Waals surface area contributed by atoms with Crippen LogP contribution >= 0.6 is 7.14 Å². The summed E-state index contributed by atoms with van der Waals surface area (Å²) < 4.78 is 13.0. The molecule has 0 fully saturated rings. The zero-order chi connectivity index (χ0) is 16.0. The molecule has 1 rings (SSSR count). The van der Waals surface area contributed by atoms with Crippen LogP contribution in [-0.2, 0) is 4.57 Å². The number of hydrogen-bond acceptors (Lipinski definition) is 4. The second kappa shape index (κ2) is 7.21. The first-order valence-corrected chi connectivity index (χ1v) is 8.88. The van der Waals surface area contributed by atoms with E-state index in [0.29, 0.717) is 5.56 Å². The van der Waals surface area contributed by atoms with Crippen LogP contribution in [0.3, 0.4) is 0 Å². The molecule has 0 amide bonds. The summed E-state index contributed by atoms with van der Waals surface area (Å²) in [5.74, 6) is 0. The van der Waals surface area contributed by atoms with Gasteiger partial charge in [0.15, 0.2) is 7.14 Å². The van der Waals surface area contributed by atoms with Crippen molar-refractivity contribution in [3.63, 3.8) is 0 Å². The summed E-state index contributed by atoms with van der Waals surface area (Å²) >= 11 is 0. The minimum absolute atomic E-state index is 0.0524. The van der Waals surface area contributed by atoms with E-state index < -0.39 is 7.14 Å². The van der Waals surface area contributed by atoms with Crippen molar-refractivity contribution in [3.05, 3.63) is 34.4 Å². The van der Waals surface area contributed by atoms with E-state index in [1.165, 1.54) is 0 Å². The fourth-order valence-electron chi connectivity index (χ4n) is 2.50. The van der Waals surface area contributed by atoms with Crippen molar-refractivity contribution in [2.24, 2.45) is 0 Å². The van der Waals surface area contributed by atoms with E-state index in [1.54, 1.807) is 0 Å². The van der Waals surface area contributed by atoms with Gasteiger partial charge in [0.25, 0.3) is 0 Å². The molecule has 0 aromatic heterocycles. The van der Waals surface area contributed by atoms with Crippen LogP contribution in [0.15, 0.2) is 12.1 Å². The van der Waals surface area contributed by atoms with Gasteiger partial charge in [0.2, 0.25) is 5.52 Å². The predicted molar refractivity (Wildman–Crippen MR) is 82.8 cm³/mol. The second-order valence-corrected chi connectivity index (χ2v) is 8.31. The van der Waals surface area contributed by atoms with Gasteiger partial charge >= 0.3 is 0 Å². The van der Waals surface area contributed by atoms with Crippen LogP contribution in [0.4, 0.5) is 0 Å². The molecule has 0 aliphatic heterocycles. The van der Waals surface area contributed by atoms with Gasteiger partial charge in [-0.3, -0.25) is 4.79 Å². The molecule has 110 valence electrons. The van der Waals surface area contributed by atoms with Crippen LogP contribution in [0.5, 0.6) is 0 Å². The number of nitrogens with zero attached hydrogens (tertiary/aromatic N) is 2. The quantitative estimate of drug-likeness (QED) is 0.745. The maximum Gasteiger partial charge on any atom is 0.221 e. The largest absolute Gasteiger partial charge is 0.315 e. The highest BCUT2D eigenvalue weighted by molar-refractivity contribution is 7.81. The van der Waals surface area contributed by atoms with Gasteiger partial charge in [-0.05, 0) is 31.9 Å². The lowest BCUT2D eigenvalue weighted by atomic mass is 10.0. The molecule has 5 heteroatoms. The monoisotopic (exact) mass is 302 g/mol. The number of hydrogen-bond donors (Lipinski definition) is 0. The highest BCUT2D eigenvalue weighted by Gasteiger charge is 2.33. The Balaban J connectivity index is 3.27. The third kappa shape index (κ3) is 4.03. The molecule has 0 aliphatic rings. The molecule has 0 saturated heterocycles. The van der Waals surface area contributed by atoms with Gasteiger partial charge < -0.3 is 4.57 Å². The third-order valence-corrected chi connectivity index (χ3v) is 6.29. The van der Waals surface area contributed by atoms with Crippen LogP contribution < -0.4 is 0 Å². The number of nitriles is 2. The van der Waals surface area contributed by atoms with E-state index in [0.717, 1.165) is 16.7 Å². The average Bonchev–Trinajstić information content (AvgIpc) is 2.41. The van der Waals surface area contributed by atoms with Gasteiger partial charge in [0, 0.05) is 30.7 Å². The molecule has 0 unspecified atom stereocenters. The SMILES string of the molecule is Cc1cc(C)c(C(=O)P(=O)(CCC#N)CCC#N)c(C)c1. The molecular formula is C16H19N2O2P. The number of benzene rings is 1. The van der Waals surface area contributed by atoms with E-state index in [-0.39, 0.29) is 30.7 Å². The zero-order valence-corrected chi connectivity index (χ0v) is 13.5. The minimum Gasteiger partial charge on any atom is -0.315 e. The highest BCUT2D eigenvalue weighted by atomic mass is 31.2. The van der Waals surface area contributed by atoms with Crippen molar-refractivity contribution in [2.45, 2.75) is 33.6 Å². The lowest BCUT2D eigenvalue weighted by Gasteiger charge is -2.18. The predicted octanol–water partition coefficient (Wildman–Crippen LogP) is 3.94. The maximum absolute atomic E-state index is 13.0. The third-order valence-electron chi connectivity index (χ3n) is 3.43. The Labute approximate surface area is 125 Å². The summed E-state index contributed by atoms with van der Waals surface area (Å²) in [5.41, 5.74) is 2.74. The first kappa shape index (κ1) is 17.2. The fourth-order valence-corrected chi connectivity index (χ4v) is 4.81. The Bertz CT molecular complexity index is 635. The molecule has 21 heavy (non-hydrogen) atoms. The van der Waals surface area contributed by atoms with Crippen molar-refractivity contribution in [2.75, 3.05) is 12.3 Å². The lowest BCUT2D eigenvalue weighted by Crippen LogP contribution is -2.11. The maximum atomic E-state index is 13.0. The Morgan fingerprint density at radius 1 is 1.05 bits per heavy atom. The lowest BCUT2D eigenvalue weighted by molar-refractivity contribution is 0.107. The summed E-state index contributed by atoms with van der Waals surface area (Å²) in [7, 11) is -3.22. The first-order chi connectivity index (χ1) is 9.85. The van der Waals surface area contributed by atoms with Crippen LogP contribution in [0.25, 0.3) is 0 Å². The fraction of sp³-hybridized carbons (Fsp3) is 0.438. The van der Waals surface area contributed by atoms with E-state index in [1.807, 2.05) is 45.0 Å². The van der Waals surface area contributed by atoms with Crippen molar-refractivity contribution in [1.29, 1.82) is 10.5 Å². The van der Waals surface area contributed by atoms with Crippen LogP contribution in [-0.4, -0.2) is 17.8 Å². The van der Waals surface area contributed by atoms with Crippen LogP contribution in [0, 0.1) is 43.4 Å². The highest BCUT2D eigenvalue weighted by Crippen LogP contribution is 2.50. The molecule has 4 nitrogen and oxygen atoms in total. The molecular weight excluding hydrogens is 283 g/mol. The molecule has 0 heterocycles. The summed E-state index contributed by atoms with van der Waals surface area (Å²) in [4.78, 5) is 12.7. The summed E-state index contributed by atoms with van der Waals surface area (Å²) in [5, 5.41) is 17.4. The number of carbonyl (C=O) groups is 1. The van der Waals surface area contributed by atoms with E-state index in [4.69, 9.17) is 10.5 Å². The van der Waals surface area contributed by atoms with Gasteiger partial charge in [-0.2, -0.15) is 10.5 Å². The number of rotatable bonds is 6. The first-order valence-electron chi connectivity index (χ1n) is 6.80. The molecule has 1 aromatic rings. The Morgan fingerprint density at radius 3 is 1.86 bits per heavy atom. The van der Waals surface area contributed by atoms with E-state index >= 15 is 0 Å². The topological polar surface area (TPSA) is 81.7 Å². The van der Waals surface area contributed by atoms with Crippen LogP contribution in [0.2, 0.25) is 0 Å². The number of carbonyl (C=O) groups excluding carboxylic acids is 1. The van der Waals surface area contributed by atoms with Gasteiger partial charge in [0.05, 0.1) is 12.1 Å². The Morgan fingerprint density at radius 2 is 1.48 bits per heavy atom. The van der Waals surface area contributed by atoms with Crippen molar-refractivity contribution < 1.29 is 9.36 Å². The van der Waals surface area contributed by atoms with Crippen molar-refractivity contribution >= 4 is 12.7 Å². The Hall–Kier alpha value is -1.90. The molecule has 1 aromatic carbocycles. The van der Waals surface area contributed by atoms with Crippen molar-refractivity contribution in [3.8, 4) is 12.1 Å². The summed E-state index contributed by atoms with van der Waals surface area (Å²) in [6.07, 6.45) is 0.240. The molecule has 0 bridgehead atoms.